The Balaban J connectivity index is 1.99. The molecular formula is C28H39NO11. The molecule has 1 aromatic carbocycles. The summed E-state index contributed by atoms with van der Waals surface area (Å²) in [6.07, 6.45) is -1.25. The zero-order chi connectivity index (χ0) is 29.5. The monoisotopic (exact) mass is 565 g/mol. The molecule has 0 saturated carbocycles. The largest absolute Gasteiger partial charge is 0.465 e. The Kier molecular flexibility index (Phi) is 14.1. The second-order valence-corrected chi connectivity index (χ2v) is 9.47. The molecule has 0 bridgehead atoms. The summed E-state index contributed by atoms with van der Waals surface area (Å²) in [6, 6.07) is 8.38. The van der Waals surface area contributed by atoms with Gasteiger partial charge < -0.3 is 33.7 Å². The van der Waals surface area contributed by atoms with Crippen LogP contribution in [-0.4, -0.2) is 74.1 Å². The predicted octanol–water partition coefficient (Wildman–Crippen LogP) is 2.21. The number of ether oxygens (including phenoxy) is 6. The third-order valence-corrected chi connectivity index (χ3v) is 5.93. The van der Waals surface area contributed by atoms with Gasteiger partial charge in [0.25, 0.3) is 0 Å². The first-order valence-electron chi connectivity index (χ1n) is 13.2. The van der Waals surface area contributed by atoms with Crippen molar-refractivity contribution in [3.8, 4) is 0 Å². The van der Waals surface area contributed by atoms with Crippen LogP contribution in [0.5, 0.6) is 0 Å². The van der Waals surface area contributed by atoms with E-state index in [1.807, 2.05) is 30.3 Å². The average molecular weight is 566 g/mol. The number of hydrogen-bond donors (Lipinski definition) is 1. The second-order valence-electron chi connectivity index (χ2n) is 9.47. The molecule has 40 heavy (non-hydrogen) atoms. The van der Waals surface area contributed by atoms with Crippen molar-refractivity contribution in [1.82, 2.24) is 5.32 Å². The van der Waals surface area contributed by atoms with E-state index in [4.69, 9.17) is 28.4 Å². The molecule has 1 aliphatic rings. The molecule has 1 heterocycles. The van der Waals surface area contributed by atoms with Crippen LogP contribution in [0.2, 0.25) is 0 Å². The molecule has 1 amide bonds. The molecule has 1 aliphatic heterocycles. The van der Waals surface area contributed by atoms with Gasteiger partial charge in [0.05, 0.1) is 19.1 Å². The molecule has 222 valence electrons. The summed E-state index contributed by atoms with van der Waals surface area (Å²) in [4.78, 5) is 59.4. The maximum absolute atomic E-state index is 12.1. The lowest BCUT2D eigenvalue weighted by Gasteiger charge is -2.34. The van der Waals surface area contributed by atoms with Crippen LogP contribution in [0.25, 0.3) is 0 Å². The van der Waals surface area contributed by atoms with E-state index in [-0.39, 0.29) is 38.8 Å². The Morgan fingerprint density at radius 1 is 0.850 bits per heavy atom. The predicted molar refractivity (Wildman–Crippen MR) is 139 cm³/mol. The van der Waals surface area contributed by atoms with Gasteiger partial charge in [0, 0.05) is 40.7 Å². The van der Waals surface area contributed by atoms with Crippen LogP contribution >= 0.6 is 0 Å². The summed E-state index contributed by atoms with van der Waals surface area (Å²) in [5, 5.41) is 2.68. The fourth-order valence-corrected chi connectivity index (χ4v) is 4.19. The molecule has 0 spiro atoms. The van der Waals surface area contributed by atoms with Crippen molar-refractivity contribution in [2.45, 2.75) is 84.5 Å². The summed E-state index contributed by atoms with van der Waals surface area (Å²) in [6.45, 7) is 5.07. The molecule has 1 N–H and O–H groups in total. The fourth-order valence-electron chi connectivity index (χ4n) is 4.19. The number of carbonyl (C=O) groups excluding carboxylic acids is 5. The number of rotatable bonds is 14. The molecule has 12 heteroatoms. The van der Waals surface area contributed by atoms with E-state index in [0.29, 0.717) is 19.3 Å². The lowest BCUT2D eigenvalue weighted by atomic mass is 9.95. The molecule has 5 atom stereocenters. The van der Waals surface area contributed by atoms with Gasteiger partial charge in [0.15, 0.2) is 12.4 Å². The maximum atomic E-state index is 12.1. The van der Waals surface area contributed by atoms with Gasteiger partial charge in [-0.15, -0.1) is 0 Å². The van der Waals surface area contributed by atoms with Crippen LogP contribution in [0.3, 0.4) is 0 Å². The second kappa shape index (κ2) is 17.2. The van der Waals surface area contributed by atoms with Gasteiger partial charge in [0.1, 0.15) is 18.8 Å². The van der Waals surface area contributed by atoms with E-state index in [2.05, 4.69) is 5.32 Å². The van der Waals surface area contributed by atoms with Crippen LogP contribution < -0.4 is 5.32 Å². The number of hydrogen-bond acceptors (Lipinski definition) is 11. The van der Waals surface area contributed by atoms with Crippen LogP contribution in [0.4, 0.5) is 0 Å². The Morgan fingerprint density at radius 2 is 1.52 bits per heavy atom. The Labute approximate surface area is 233 Å². The molecule has 0 aliphatic carbocycles. The quantitative estimate of drug-likeness (QED) is 0.201. The van der Waals surface area contributed by atoms with E-state index >= 15 is 0 Å². The maximum Gasteiger partial charge on any atom is 0.306 e. The molecule has 1 aromatic rings. The zero-order valence-corrected chi connectivity index (χ0v) is 23.4. The third-order valence-electron chi connectivity index (χ3n) is 5.93. The molecule has 12 nitrogen and oxygen atoms in total. The van der Waals surface area contributed by atoms with Crippen LogP contribution in [-0.2, 0) is 59.0 Å². The van der Waals surface area contributed by atoms with E-state index in [1.54, 1.807) is 0 Å². The molecule has 2 rings (SSSR count). The third kappa shape index (κ3) is 12.1. The van der Waals surface area contributed by atoms with Crippen molar-refractivity contribution in [3.63, 3.8) is 0 Å². The van der Waals surface area contributed by atoms with Crippen molar-refractivity contribution >= 4 is 29.8 Å². The average Bonchev–Trinajstić information content (AvgIpc) is 3.00. The summed E-state index contributed by atoms with van der Waals surface area (Å²) >= 11 is 0. The lowest BCUT2D eigenvalue weighted by Crippen LogP contribution is -2.57. The normalized spacial score (nSPS) is 22.4. The first kappa shape index (κ1) is 32.7. The highest BCUT2D eigenvalue weighted by Crippen LogP contribution is 2.27. The van der Waals surface area contributed by atoms with Gasteiger partial charge in [-0.25, -0.2) is 0 Å². The highest BCUT2D eigenvalue weighted by Gasteiger charge is 2.48. The Bertz CT molecular complexity index is 984. The number of benzene rings is 1. The minimum Gasteiger partial charge on any atom is -0.465 e. The van der Waals surface area contributed by atoms with Crippen molar-refractivity contribution in [3.05, 3.63) is 35.9 Å². The van der Waals surface area contributed by atoms with Crippen LogP contribution in [0.15, 0.2) is 30.3 Å². The first-order chi connectivity index (χ1) is 19.1. The first-order valence-corrected chi connectivity index (χ1v) is 13.2. The van der Waals surface area contributed by atoms with Crippen LogP contribution in [0, 0.1) is 5.92 Å². The lowest BCUT2D eigenvalue weighted by molar-refractivity contribution is -0.185. The summed E-state index contributed by atoms with van der Waals surface area (Å²) in [5.74, 6) is -3.33. The molecule has 0 aromatic heterocycles. The Morgan fingerprint density at radius 3 is 2.15 bits per heavy atom. The number of amides is 1. The van der Waals surface area contributed by atoms with Gasteiger partial charge in [-0.1, -0.05) is 36.8 Å². The summed E-state index contributed by atoms with van der Waals surface area (Å²) in [7, 11) is 0. The summed E-state index contributed by atoms with van der Waals surface area (Å²) < 4.78 is 33.2. The van der Waals surface area contributed by atoms with E-state index in [1.165, 1.54) is 27.7 Å². The molecule has 0 unspecified atom stereocenters. The highest BCUT2D eigenvalue weighted by molar-refractivity contribution is 5.73. The SMILES string of the molecule is CC(=O)N[C@H]1[C@H](OCCCCCC(=O)OCc2ccccc2)OC[C@H](COC(C)=O)[C@@H](OC(C)=O)[C@@H]1OC(C)=O. The van der Waals surface area contributed by atoms with Crippen LogP contribution in [0.1, 0.15) is 58.9 Å². The van der Waals surface area contributed by atoms with Gasteiger partial charge in [-0.3, -0.25) is 24.0 Å². The van der Waals surface area contributed by atoms with E-state index < -0.39 is 54.3 Å². The number of nitrogens with one attached hydrogen (secondary N) is 1. The van der Waals surface area contributed by atoms with Gasteiger partial charge in [-0.05, 0) is 18.4 Å². The number of esters is 4. The highest BCUT2D eigenvalue weighted by atomic mass is 16.7. The molecular weight excluding hydrogens is 526 g/mol. The van der Waals surface area contributed by atoms with Crippen molar-refractivity contribution < 1.29 is 52.4 Å². The Hall–Kier alpha value is -3.51. The smallest absolute Gasteiger partial charge is 0.306 e. The summed E-state index contributed by atoms with van der Waals surface area (Å²) in [5.41, 5.74) is 0.916. The van der Waals surface area contributed by atoms with Gasteiger partial charge in [0.2, 0.25) is 5.91 Å². The zero-order valence-electron chi connectivity index (χ0n) is 23.4. The molecule has 1 saturated heterocycles. The van der Waals surface area contributed by atoms with Crippen molar-refractivity contribution in [1.29, 1.82) is 0 Å². The van der Waals surface area contributed by atoms with Gasteiger partial charge in [-0.2, -0.15) is 0 Å². The van der Waals surface area contributed by atoms with Crippen molar-refractivity contribution in [2.75, 3.05) is 19.8 Å². The molecule has 1 fully saturated rings. The van der Waals surface area contributed by atoms with Gasteiger partial charge >= 0.3 is 23.9 Å². The standard InChI is InChI=1S/C28H39NO11/c1-18(30)29-25-27(40-21(4)33)26(39-20(3)32)23(16-36-19(2)31)17-38-28(25)35-14-10-6-9-13-24(34)37-15-22-11-7-5-8-12-22/h5,7-8,11-12,23,25-28H,6,9-10,13-17H2,1-4H3,(H,29,30)/t23-,25+,26+,27+,28+/m0/s1. The van der Waals surface area contributed by atoms with E-state index in [9.17, 15) is 24.0 Å². The fraction of sp³-hybridized carbons (Fsp3) is 0.607. The van der Waals surface area contributed by atoms with E-state index in [0.717, 1.165) is 5.56 Å². The molecule has 0 radical (unpaired) electrons. The number of unbranched alkanes of at least 4 members (excludes halogenated alkanes) is 2. The minimum atomic E-state index is -1.18. The van der Waals surface area contributed by atoms with Crippen molar-refractivity contribution in [2.24, 2.45) is 5.92 Å². The minimum absolute atomic E-state index is 0.0724. The topological polar surface area (TPSA) is 153 Å². The number of carbonyl (C=O) groups is 5.